The summed E-state index contributed by atoms with van der Waals surface area (Å²) < 4.78 is 22.5. The largest absolute Gasteiger partial charge is 0.496 e. The smallest absolute Gasteiger partial charge is 0.263 e. The van der Waals surface area contributed by atoms with Gasteiger partial charge in [0, 0.05) is 23.9 Å². The van der Waals surface area contributed by atoms with Crippen molar-refractivity contribution in [2.24, 2.45) is 0 Å². The predicted octanol–water partition coefficient (Wildman–Crippen LogP) is 2.91. The molecule has 1 amide bonds. The molecule has 1 N–H and O–H groups in total. The number of ether oxygens (including phenoxy) is 3. The maximum atomic E-state index is 13.0. The van der Waals surface area contributed by atoms with Crippen LogP contribution in [0.4, 0.5) is 0 Å². The number of hydrogen-bond donors (Lipinski definition) is 1. The first-order valence-corrected chi connectivity index (χ1v) is 10.7. The van der Waals surface area contributed by atoms with E-state index in [1.54, 1.807) is 44.6 Å². The predicted molar refractivity (Wildman–Crippen MR) is 127 cm³/mol. The van der Waals surface area contributed by atoms with E-state index < -0.39 is 5.56 Å². The SMILES string of the molecule is COc1ccccc1CNC(=O)Cn1cccc(-c2nc(-c3ccc(OC)c(OC)c3)no2)c1=O. The molecule has 0 unspecified atom stereocenters. The maximum absolute atomic E-state index is 13.0. The molecule has 0 radical (unpaired) electrons. The van der Waals surface area contributed by atoms with Crippen LogP contribution in [0.1, 0.15) is 5.56 Å². The van der Waals surface area contributed by atoms with E-state index in [1.165, 1.54) is 17.9 Å². The van der Waals surface area contributed by atoms with Crippen LogP contribution in [0.3, 0.4) is 0 Å². The first kappa shape index (κ1) is 23.6. The summed E-state index contributed by atoms with van der Waals surface area (Å²) >= 11 is 0. The highest BCUT2D eigenvalue weighted by Gasteiger charge is 2.17. The Bertz CT molecular complexity index is 1390. The van der Waals surface area contributed by atoms with Crippen molar-refractivity contribution in [1.29, 1.82) is 0 Å². The number of para-hydroxylation sites is 1. The lowest BCUT2D eigenvalue weighted by molar-refractivity contribution is -0.121. The highest BCUT2D eigenvalue weighted by molar-refractivity contribution is 5.76. The number of aromatic nitrogens is 3. The Kier molecular flexibility index (Phi) is 7.10. The molecule has 2 aromatic carbocycles. The number of nitrogens with zero attached hydrogens (tertiary/aromatic N) is 3. The summed E-state index contributed by atoms with van der Waals surface area (Å²) in [5.74, 6) is 1.75. The fourth-order valence-corrected chi connectivity index (χ4v) is 3.50. The lowest BCUT2D eigenvalue weighted by atomic mass is 10.2. The zero-order valence-corrected chi connectivity index (χ0v) is 19.5. The number of pyridine rings is 1. The fourth-order valence-electron chi connectivity index (χ4n) is 3.50. The van der Waals surface area contributed by atoms with E-state index in [2.05, 4.69) is 15.5 Å². The highest BCUT2D eigenvalue weighted by atomic mass is 16.5. The van der Waals surface area contributed by atoms with Crippen LogP contribution in [0.25, 0.3) is 22.8 Å². The van der Waals surface area contributed by atoms with Crippen molar-refractivity contribution in [2.75, 3.05) is 21.3 Å². The van der Waals surface area contributed by atoms with E-state index in [9.17, 15) is 9.59 Å². The standard InChI is InChI=1S/C25H24N4O6/c1-32-19-9-5-4-7-17(19)14-26-22(30)15-29-12-6-8-18(25(29)31)24-27-23(28-35-24)16-10-11-20(33-2)21(13-16)34-3/h4-13H,14-15H2,1-3H3,(H,26,30). The van der Waals surface area contributed by atoms with Crippen LogP contribution in [0, 0.1) is 0 Å². The van der Waals surface area contributed by atoms with Gasteiger partial charge in [0.2, 0.25) is 11.7 Å². The topological polar surface area (TPSA) is 118 Å². The maximum Gasteiger partial charge on any atom is 0.263 e. The summed E-state index contributed by atoms with van der Waals surface area (Å²) in [6.45, 7) is 0.105. The molecule has 2 aromatic heterocycles. The molecule has 4 aromatic rings. The minimum absolute atomic E-state index is 0.0450. The summed E-state index contributed by atoms with van der Waals surface area (Å²) in [4.78, 5) is 29.9. The number of carbonyl (C=O) groups excluding carboxylic acids is 1. The quantitative estimate of drug-likeness (QED) is 0.392. The van der Waals surface area contributed by atoms with Gasteiger partial charge in [-0.05, 0) is 36.4 Å². The molecule has 35 heavy (non-hydrogen) atoms. The Morgan fingerprint density at radius 2 is 1.74 bits per heavy atom. The van der Waals surface area contributed by atoms with Gasteiger partial charge in [0.05, 0.1) is 21.3 Å². The Labute approximate surface area is 201 Å². The Balaban J connectivity index is 1.50. The van der Waals surface area contributed by atoms with Gasteiger partial charge in [-0.1, -0.05) is 23.4 Å². The molecule has 2 heterocycles. The van der Waals surface area contributed by atoms with Gasteiger partial charge in [-0.2, -0.15) is 4.98 Å². The molecule has 0 aliphatic heterocycles. The molecule has 0 saturated heterocycles. The van der Waals surface area contributed by atoms with E-state index >= 15 is 0 Å². The van der Waals surface area contributed by atoms with Crippen LogP contribution in [0.2, 0.25) is 0 Å². The first-order chi connectivity index (χ1) is 17.0. The molecule has 0 aliphatic rings. The molecule has 0 saturated carbocycles. The molecule has 180 valence electrons. The van der Waals surface area contributed by atoms with Gasteiger partial charge in [-0.3, -0.25) is 9.59 Å². The van der Waals surface area contributed by atoms with E-state index in [-0.39, 0.29) is 36.3 Å². The number of benzene rings is 2. The second-order valence-corrected chi connectivity index (χ2v) is 7.44. The molecule has 0 spiro atoms. The number of methoxy groups -OCH3 is 3. The van der Waals surface area contributed by atoms with Crippen molar-refractivity contribution < 1.29 is 23.5 Å². The summed E-state index contributed by atoms with van der Waals surface area (Å²) in [6.07, 6.45) is 1.53. The number of amides is 1. The van der Waals surface area contributed by atoms with Crippen LogP contribution in [-0.2, 0) is 17.9 Å². The first-order valence-electron chi connectivity index (χ1n) is 10.7. The van der Waals surface area contributed by atoms with Crippen LogP contribution >= 0.6 is 0 Å². The van der Waals surface area contributed by atoms with Crippen LogP contribution in [-0.4, -0.2) is 41.9 Å². The molecular formula is C25H24N4O6. The van der Waals surface area contributed by atoms with E-state index in [4.69, 9.17) is 18.7 Å². The minimum atomic E-state index is -0.428. The van der Waals surface area contributed by atoms with Crippen LogP contribution in [0.15, 0.2) is 70.1 Å². The number of nitrogens with one attached hydrogen (secondary N) is 1. The molecule has 10 nitrogen and oxygen atoms in total. The van der Waals surface area contributed by atoms with Crippen LogP contribution < -0.4 is 25.1 Å². The lowest BCUT2D eigenvalue weighted by Gasteiger charge is -2.10. The zero-order valence-electron chi connectivity index (χ0n) is 19.5. The molecule has 0 fully saturated rings. The van der Waals surface area contributed by atoms with Gasteiger partial charge in [0.25, 0.3) is 11.4 Å². The van der Waals surface area contributed by atoms with Crippen molar-refractivity contribution >= 4 is 5.91 Å². The zero-order chi connectivity index (χ0) is 24.8. The normalized spacial score (nSPS) is 10.6. The van der Waals surface area contributed by atoms with Crippen molar-refractivity contribution in [1.82, 2.24) is 20.0 Å². The van der Waals surface area contributed by atoms with Crippen LogP contribution in [0.5, 0.6) is 17.2 Å². The highest BCUT2D eigenvalue weighted by Crippen LogP contribution is 2.31. The fraction of sp³-hybridized carbons (Fsp3) is 0.200. The summed E-state index contributed by atoms with van der Waals surface area (Å²) in [5, 5.41) is 6.79. The lowest BCUT2D eigenvalue weighted by Crippen LogP contribution is -2.32. The molecule has 0 atom stereocenters. The van der Waals surface area contributed by atoms with E-state index in [0.29, 0.717) is 22.8 Å². The third kappa shape index (κ3) is 5.16. The van der Waals surface area contributed by atoms with Gasteiger partial charge in [-0.25, -0.2) is 0 Å². The molecule has 0 bridgehead atoms. The van der Waals surface area contributed by atoms with Gasteiger partial charge in [-0.15, -0.1) is 0 Å². The number of carbonyl (C=O) groups is 1. The third-order valence-electron chi connectivity index (χ3n) is 5.30. The molecular weight excluding hydrogens is 452 g/mol. The third-order valence-corrected chi connectivity index (χ3v) is 5.30. The monoisotopic (exact) mass is 476 g/mol. The molecule has 10 heteroatoms. The number of hydrogen-bond acceptors (Lipinski definition) is 8. The Morgan fingerprint density at radius 1 is 0.971 bits per heavy atom. The van der Waals surface area contributed by atoms with E-state index in [1.807, 2.05) is 24.3 Å². The average Bonchev–Trinajstić information content (AvgIpc) is 3.38. The van der Waals surface area contributed by atoms with Crippen molar-refractivity contribution in [2.45, 2.75) is 13.1 Å². The molecule has 0 aliphatic carbocycles. The Hall–Kier alpha value is -4.60. The second kappa shape index (κ2) is 10.6. The summed E-state index contributed by atoms with van der Waals surface area (Å²) in [6, 6.07) is 15.8. The minimum Gasteiger partial charge on any atom is -0.496 e. The second-order valence-electron chi connectivity index (χ2n) is 7.44. The van der Waals surface area contributed by atoms with Gasteiger partial charge in [0.1, 0.15) is 17.9 Å². The van der Waals surface area contributed by atoms with Crippen molar-refractivity contribution in [3.63, 3.8) is 0 Å². The Morgan fingerprint density at radius 3 is 2.51 bits per heavy atom. The molecule has 4 rings (SSSR count). The summed E-state index contributed by atoms with van der Waals surface area (Å²) in [5.41, 5.74) is 1.22. The summed E-state index contributed by atoms with van der Waals surface area (Å²) in [7, 11) is 4.64. The van der Waals surface area contributed by atoms with Crippen molar-refractivity contribution in [3.8, 4) is 40.1 Å². The average molecular weight is 476 g/mol. The van der Waals surface area contributed by atoms with Crippen molar-refractivity contribution in [3.05, 3.63) is 76.7 Å². The van der Waals surface area contributed by atoms with Gasteiger partial charge in [0.15, 0.2) is 11.5 Å². The van der Waals surface area contributed by atoms with Gasteiger partial charge >= 0.3 is 0 Å². The van der Waals surface area contributed by atoms with E-state index in [0.717, 1.165) is 5.56 Å². The van der Waals surface area contributed by atoms with Gasteiger partial charge < -0.3 is 28.6 Å². The number of rotatable bonds is 9.